The quantitative estimate of drug-likeness (QED) is 0.617. The number of thiophene rings is 1. The Morgan fingerprint density at radius 2 is 1.78 bits per heavy atom. The zero-order valence-electron chi connectivity index (χ0n) is 19.2. The van der Waals surface area contributed by atoms with Crippen molar-refractivity contribution in [2.24, 2.45) is 5.92 Å². The molecule has 0 atom stereocenters. The molecule has 1 aliphatic heterocycles. The first-order valence-electron chi connectivity index (χ1n) is 11.1. The van der Waals surface area contributed by atoms with Gasteiger partial charge in [-0.1, -0.05) is 31.5 Å². The molecule has 0 saturated carbocycles. The summed E-state index contributed by atoms with van der Waals surface area (Å²) in [5, 5.41) is 8.65. The fraction of sp³-hybridized carbons (Fsp3) is 0.458. The SMILES string of the molecule is Cc1ccc(NC(=O)CN2CCN(C(=O)c3cc4c(C)nn(CC(C)C)c4s3)CC2)cc1. The largest absolute Gasteiger partial charge is 0.335 e. The van der Waals surface area contributed by atoms with Crippen LogP contribution in [0.15, 0.2) is 30.3 Å². The first-order valence-corrected chi connectivity index (χ1v) is 12.0. The van der Waals surface area contributed by atoms with E-state index in [1.165, 1.54) is 11.3 Å². The number of anilines is 1. The van der Waals surface area contributed by atoms with Gasteiger partial charge in [0.25, 0.3) is 5.91 Å². The number of hydrogen-bond acceptors (Lipinski definition) is 5. The van der Waals surface area contributed by atoms with Crippen LogP contribution in [0.5, 0.6) is 0 Å². The Labute approximate surface area is 193 Å². The van der Waals surface area contributed by atoms with E-state index in [0.29, 0.717) is 38.6 Å². The Morgan fingerprint density at radius 1 is 1.09 bits per heavy atom. The molecular weight excluding hydrogens is 422 g/mol. The van der Waals surface area contributed by atoms with Crippen molar-refractivity contribution in [3.8, 4) is 0 Å². The van der Waals surface area contributed by atoms with E-state index < -0.39 is 0 Å². The number of rotatable bonds is 6. The maximum absolute atomic E-state index is 13.1. The third-order valence-electron chi connectivity index (χ3n) is 5.72. The highest BCUT2D eigenvalue weighted by Gasteiger charge is 2.25. The molecule has 3 heterocycles. The number of aromatic nitrogens is 2. The number of carbonyl (C=O) groups excluding carboxylic acids is 2. The van der Waals surface area contributed by atoms with Gasteiger partial charge in [0.2, 0.25) is 5.91 Å². The van der Waals surface area contributed by atoms with E-state index in [9.17, 15) is 9.59 Å². The van der Waals surface area contributed by atoms with Crippen LogP contribution in [0.3, 0.4) is 0 Å². The summed E-state index contributed by atoms with van der Waals surface area (Å²) < 4.78 is 2.03. The van der Waals surface area contributed by atoms with Gasteiger partial charge in [-0.2, -0.15) is 5.10 Å². The number of nitrogens with zero attached hydrogens (tertiary/aromatic N) is 4. The highest BCUT2D eigenvalue weighted by molar-refractivity contribution is 7.20. The normalized spacial score (nSPS) is 15.0. The molecule has 0 aliphatic carbocycles. The van der Waals surface area contributed by atoms with Crippen LogP contribution in [0.4, 0.5) is 5.69 Å². The maximum atomic E-state index is 13.1. The standard InChI is InChI=1S/C24H31N5O2S/c1-16(2)14-29-24-20(18(4)26-29)13-21(32-24)23(31)28-11-9-27(10-12-28)15-22(30)25-19-7-5-17(3)6-8-19/h5-8,13,16H,9-12,14-15H2,1-4H3,(H,25,30). The van der Waals surface area contributed by atoms with Crippen LogP contribution in [-0.4, -0.2) is 64.1 Å². The smallest absolute Gasteiger partial charge is 0.264 e. The second-order valence-electron chi connectivity index (χ2n) is 8.97. The lowest BCUT2D eigenvalue weighted by Crippen LogP contribution is -2.50. The fourth-order valence-corrected chi connectivity index (χ4v) is 5.13. The molecule has 32 heavy (non-hydrogen) atoms. The third kappa shape index (κ3) is 5.02. The predicted molar refractivity (Wildman–Crippen MR) is 129 cm³/mol. The fourth-order valence-electron chi connectivity index (χ4n) is 3.99. The van der Waals surface area contributed by atoms with E-state index in [-0.39, 0.29) is 11.8 Å². The van der Waals surface area contributed by atoms with Crippen molar-refractivity contribution in [1.29, 1.82) is 0 Å². The number of piperazine rings is 1. The van der Waals surface area contributed by atoms with Gasteiger partial charge in [-0.05, 0) is 38.0 Å². The van der Waals surface area contributed by atoms with E-state index in [0.717, 1.165) is 38.6 Å². The molecule has 0 spiro atoms. The average Bonchev–Trinajstić information content (AvgIpc) is 3.31. The molecule has 1 saturated heterocycles. The monoisotopic (exact) mass is 453 g/mol. The summed E-state index contributed by atoms with van der Waals surface area (Å²) in [6.45, 7) is 12.2. The predicted octanol–water partition coefficient (Wildman–Crippen LogP) is 3.77. The van der Waals surface area contributed by atoms with Gasteiger partial charge >= 0.3 is 0 Å². The molecule has 4 rings (SSSR count). The second-order valence-corrected chi connectivity index (χ2v) is 10.0. The minimum atomic E-state index is -0.0247. The van der Waals surface area contributed by atoms with Crippen molar-refractivity contribution in [3.63, 3.8) is 0 Å². The number of nitrogens with one attached hydrogen (secondary N) is 1. The van der Waals surface area contributed by atoms with Crippen molar-refractivity contribution in [1.82, 2.24) is 19.6 Å². The maximum Gasteiger partial charge on any atom is 0.264 e. The van der Waals surface area contributed by atoms with Crippen molar-refractivity contribution in [3.05, 3.63) is 46.5 Å². The molecule has 3 aromatic rings. The highest BCUT2D eigenvalue weighted by atomic mass is 32.1. The zero-order valence-corrected chi connectivity index (χ0v) is 20.0. The summed E-state index contributed by atoms with van der Waals surface area (Å²) in [7, 11) is 0. The van der Waals surface area contributed by atoms with Gasteiger partial charge in [-0.25, -0.2) is 0 Å². The van der Waals surface area contributed by atoms with Gasteiger partial charge in [-0.3, -0.25) is 19.2 Å². The van der Waals surface area contributed by atoms with Crippen molar-refractivity contribution in [2.75, 3.05) is 38.0 Å². The molecule has 0 radical (unpaired) electrons. The zero-order chi connectivity index (χ0) is 22.8. The number of aryl methyl sites for hydroxylation is 2. The summed E-state index contributed by atoms with van der Waals surface area (Å²) >= 11 is 1.53. The van der Waals surface area contributed by atoms with Crippen molar-refractivity contribution < 1.29 is 9.59 Å². The summed E-state index contributed by atoms with van der Waals surface area (Å²) in [5.41, 5.74) is 2.95. The molecule has 1 aromatic carbocycles. The number of carbonyl (C=O) groups is 2. The van der Waals surface area contributed by atoms with E-state index in [1.54, 1.807) is 0 Å². The van der Waals surface area contributed by atoms with Gasteiger partial charge in [0.1, 0.15) is 4.83 Å². The van der Waals surface area contributed by atoms with Crippen LogP contribution < -0.4 is 5.32 Å². The topological polar surface area (TPSA) is 70.5 Å². The lowest BCUT2D eigenvalue weighted by Gasteiger charge is -2.34. The molecule has 1 N–H and O–H groups in total. The third-order valence-corrected chi connectivity index (χ3v) is 6.85. The molecule has 170 valence electrons. The summed E-state index contributed by atoms with van der Waals surface area (Å²) in [6, 6.07) is 9.78. The molecular formula is C24H31N5O2S. The Balaban J connectivity index is 1.33. The van der Waals surface area contributed by atoms with Crippen LogP contribution >= 0.6 is 11.3 Å². The molecule has 2 amide bonds. The van der Waals surface area contributed by atoms with E-state index in [4.69, 9.17) is 0 Å². The van der Waals surface area contributed by atoms with Gasteiger partial charge in [0.05, 0.1) is 17.1 Å². The van der Waals surface area contributed by atoms with Gasteiger partial charge in [0.15, 0.2) is 0 Å². The Morgan fingerprint density at radius 3 is 2.44 bits per heavy atom. The van der Waals surface area contributed by atoms with Gasteiger partial charge in [-0.15, -0.1) is 11.3 Å². The summed E-state index contributed by atoms with van der Waals surface area (Å²) in [5.74, 6) is 0.545. The van der Waals surface area contributed by atoms with E-state index in [1.807, 2.05) is 53.8 Å². The molecule has 1 fully saturated rings. The molecule has 8 heteroatoms. The Bertz CT molecular complexity index is 1110. The van der Waals surface area contributed by atoms with Crippen LogP contribution in [-0.2, 0) is 11.3 Å². The first kappa shape index (κ1) is 22.5. The van der Waals surface area contributed by atoms with Gasteiger partial charge < -0.3 is 10.2 Å². The van der Waals surface area contributed by atoms with Crippen LogP contribution in [0, 0.1) is 19.8 Å². The number of amides is 2. The summed E-state index contributed by atoms with van der Waals surface area (Å²) in [6.07, 6.45) is 0. The summed E-state index contributed by atoms with van der Waals surface area (Å²) in [4.78, 5) is 31.3. The first-order chi connectivity index (χ1) is 15.3. The minimum Gasteiger partial charge on any atom is -0.335 e. The number of benzene rings is 1. The van der Waals surface area contributed by atoms with Gasteiger partial charge in [0, 0.05) is 43.8 Å². The molecule has 1 aliphatic rings. The Kier molecular flexibility index (Phi) is 6.62. The molecule has 0 bridgehead atoms. The van der Waals surface area contributed by atoms with Crippen LogP contribution in [0.25, 0.3) is 10.2 Å². The second kappa shape index (κ2) is 9.42. The van der Waals surface area contributed by atoms with Crippen molar-refractivity contribution >= 4 is 39.1 Å². The minimum absolute atomic E-state index is 0.0247. The Hall–Kier alpha value is -2.71. The number of hydrogen-bond donors (Lipinski definition) is 1. The van der Waals surface area contributed by atoms with Crippen molar-refractivity contribution in [2.45, 2.75) is 34.2 Å². The molecule has 7 nitrogen and oxygen atoms in total. The van der Waals surface area contributed by atoms with Crippen LogP contribution in [0.2, 0.25) is 0 Å². The lowest BCUT2D eigenvalue weighted by atomic mass is 10.2. The lowest BCUT2D eigenvalue weighted by molar-refractivity contribution is -0.117. The molecule has 2 aromatic heterocycles. The van der Waals surface area contributed by atoms with Crippen LogP contribution in [0.1, 0.15) is 34.8 Å². The molecule has 0 unspecified atom stereocenters. The van der Waals surface area contributed by atoms with E-state index >= 15 is 0 Å². The highest BCUT2D eigenvalue weighted by Crippen LogP contribution is 2.30. The van der Waals surface area contributed by atoms with E-state index in [2.05, 4.69) is 29.2 Å². The average molecular weight is 454 g/mol. The number of fused-ring (bicyclic) bond motifs is 1.